The first-order valence-electron chi connectivity index (χ1n) is 7.42. The minimum absolute atomic E-state index is 0.0531. The molecule has 0 saturated carbocycles. The van der Waals surface area contributed by atoms with Crippen LogP contribution in [0, 0.1) is 34.6 Å². The van der Waals surface area contributed by atoms with Crippen LogP contribution in [0.4, 0.5) is 5.69 Å². The van der Waals surface area contributed by atoms with Gasteiger partial charge in [0.25, 0.3) is 10.0 Å². The molecule has 1 aromatic heterocycles. The van der Waals surface area contributed by atoms with Crippen LogP contribution in [0.5, 0.6) is 0 Å². The Morgan fingerprint density at radius 1 is 1.04 bits per heavy atom. The van der Waals surface area contributed by atoms with Gasteiger partial charge in [0.05, 0.1) is 29.9 Å². The van der Waals surface area contributed by atoms with E-state index in [1.807, 2.05) is 34.6 Å². The van der Waals surface area contributed by atoms with Crippen LogP contribution in [-0.2, 0) is 16.6 Å². The zero-order valence-corrected chi connectivity index (χ0v) is 15.0. The van der Waals surface area contributed by atoms with Crippen LogP contribution < -0.4 is 4.72 Å². The minimum Gasteiger partial charge on any atom is -0.394 e. The number of hydrogen-bond donors (Lipinski definition) is 2. The summed E-state index contributed by atoms with van der Waals surface area (Å²) >= 11 is 0. The van der Waals surface area contributed by atoms with E-state index in [1.165, 1.54) is 10.9 Å². The highest BCUT2D eigenvalue weighted by Crippen LogP contribution is 2.30. The molecule has 1 aromatic carbocycles. The molecule has 0 radical (unpaired) electrons. The molecule has 7 heteroatoms. The van der Waals surface area contributed by atoms with Crippen molar-refractivity contribution in [1.29, 1.82) is 0 Å². The lowest BCUT2D eigenvalue weighted by atomic mass is 9.95. The van der Waals surface area contributed by atoms with Crippen LogP contribution in [0.2, 0.25) is 0 Å². The summed E-state index contributed by atoms with van der Waals surface area (Å²) in [5.41, 5.74) is 5.01. The van der Waals surface area contributed by atoms with E-state index in [2.05, 4.69) is 9.82 Å². The van der Waals surface area contributed by atoms with Gasteiger partial charge in [0.2, 0.25) is 0 Å². The van der Waals surface area contributed by atoms with Crippen molar-refractivity contribution in [3.63, 3.8) is 0 Å². The molecule has 2 rings (SSSR count). The average molecular weight is 337 g/mol. The largest absolute Gasteiger partial charge is 0.394 e. The molecular weight excluding hydrogens is 314 g/mol. The van der Waals surface area contributed by atoms with Gasteiger partial charge in [-0.25, -0.2) is 8.42 Å². The zero-order chi connectivity index (χ0) is 17.4. The molecule has 2 aromatic rings. The molecule has 0 aliphatic rings. The van der Waals surface area contributed by atoms with Crippen molar-refractivity contribution < 1.29 is 13.5 Å². The Morgan fingerprint density at radius 2 is 1.57 bits per heavy atom. The summed E-state index contributed by atoms with van der Waals surface area (Å²) in [7, 11) is -3.70. The molecular formula is C16H23N3O3S. The zero-order valence-electron chi connectivity index (χ0n) is 14.1. The van der Waals surface area contributed by atoms with E-state index in [9.17, 15) is 8.42 Å². The summed E-state index contributed by atoms with van der Waals surface area (Å²) < 4.78 is 29.7. The third kappa shape index (κ3) is 3.25. The highest BCUT2D eigenvalue weighted by atomic mass is 32.2. The van der Waals surface area contributed by atoms with Crippen LogP contribution in [0.1, 0.15) is 27.8 Å². The predicted octanol–water partition coefficient (Wildman–Crippen LogP) is 2.22. The summed E-state index contributed by atoms with van der Waals surface area (Å²) in [4.78, 5) is 0.327. The summed E-state index contributed by atoms with van der Waals surface area (Å²) in [5, 5.41) is 12.9. The molecule has 1 heterocycles. The summed E-state index contributed by atoms with van der Waals surface area (Å²) in [6.45, 7) is 9.82. The van der Waals surface area contributed by atoms with Crippen molar-refractivity contribution in [2.45, 2.75) is 46.1 Å². The van der Waals surface area contributed by atoms with Gasteiger partial charge in [0, 0.05) is 6.20 Å². The van der Waals surface area contributed by atoms with E-state index in [4.69, 9.17) is 5.11 Å². The third-order valence-corrected chi connectivity index (χ3v) is 6.07. The Morgan fingerprint density at radius 3 is 2.09 bits per heavy atom. The predicted molar refractivity (Wildman–Crippen MR) is 90.2 cm³/mol. The maximum Gasteiger partial charge on any atom is 0.262 e. The second-order valence-corrected chi connectivity index (χ2v) is 7.39. The van der Waals surface area contributed by atoms with Gasteiger partial charge in [-0.3, -0.25) is 9.40 Å². The van der Waals surface area contributed by atoms with Crippen LogP contribution in [0.3, 0.4) is 0 Å². The highest BCUT2D eigenvalue weighted by molar-refractivity contribution is 7.92. The molecule has 0 spiro atoms. The van der Waals surface area contributed by atoms with Crippen molar-refractivity contribution in [3.8, 4) is 0 Å². The molecule has 0 fully saturated rings. The Bertz CT molecular complexity index is 809. The standard InChI is InChI=1S/C16H23N3O3S/c1-10-11(2)13(4)16(14(5)12(10)3)23(21,22)18-15-8-17-19(9-15)6-7-20/h8-9,18,20H,6-7H2,1-5H3. The normalized spacial score (nSPS) is 11.7. The number of benzene rings is 1. The van der Waals surface area contributed by atoms with Gasteiger partial charge in [-0.1, -0.05) is 0 Å². The van der Waals surface area contributed by atoms with E-state index in [0.717, 1.165) is 27.8 Å². The van der Waals surface area contributed by atoms with Crippen LogP contribution >= 0.6 is 0 Å². The smallest absolute Gasteiger partial charge is 0.262 e. The Kier molecular flexibility index (Phi) is 4.81. The molecule has 0 amide bonds. The van der Waals surface area contributed by atoms with E-state index in [0.29, 0.717) is 17.1 Å². The van der Waals surface area contributed by atoms with Gasteiger partial charge in [-0.15, -0.1) is 0 Å². The molecule has 0 saturated heterocycles. The summed E-state index contributed by atoms with van der Waals surface area (Å²) in [6, 6.07) is 0. The quantitative estimate of drug-likeness (QED) is 0.876. The van der Waals surface area contributed by atoms with E-state index < -0.39 is 10.0 Å². The Balaban J connectivity index is 2.47. The first-order valence-corrected chi connectivity index (χ1v) is 8.90. The highest BCUT2D eigenvalue weighted by Gasteiger charge is 2.24. The molecule has 0 aliphatic heterocycles. The maximum atomic E-state index is 12.8. The van der Waals surface area contributed by atoms with Crippen molar-refractivity contribution >= 4 is 15.7 Å². The fourth-order valence-corrected chi connectivity index (χ4v) is 4.35. The molecule has 0 bridgehead atoms. The van der Waals surface area contributed by atoms with Crippen molar-refractivity contribution in [1.82, 2.24) is 9.78 Å². The van der Waals surface area contributed by atoms with Crippen molar-refractivity contribution in [2.24, 2.45) is 0 Å². The number of aliphatic hydroxyl groups is 1. The monoisotopic (exact) mass is 337 g/mol. The number of aliphatic hydroxyl groups excluding tert-OH is 1. The second kappa shape index (κ2) is 6.33. The maximum absolute atomic E-state index is 12.8. The van der Waals surface area contributed by atoms with Crippen molar-refractivity contribution in [3.05, 3.63) is 40.2 Å². The lowest BCUT2D eigenvalue weighted by Crippen LogP contribution is -2.17. The first-order chi connectivity index (χ1) is 10.7. The lowest BCUT2D eigenvalue weighted by Gasteiger charge is -2.19. The van der Waals surface area contributed by atoms with Gasteiger partial charge in [0.1, 0.15) is 0 Å². The molecule has 0 atom stereocenters. The summed E-state index contributed by atoms with van der Waals surface area (Å²) in [5.74, 6) is 0. The molecule has 126 valence electrons. The molecule has 0 aliphatic carbocycles. The Hall–Kier alpha value is -1.86. The van der Waals surface area contributed by atoms with Gasteiger partial charge >= 0.3 is 0 Å². The van der Waals surface area contributed by atoms with Crippen LogP contribution in [0.15, 0.2) is 17.3 Å². The minimum atomic E-state index is -3.70. The van der Waals surface area contributed by atoms with E-state index in [1.54, 1.807) is 6.20 Å². The van der Waals surface area contributed by atoms with Crippen molar-refractivity contribution in [2.75, 3.05) is 11.3 Å². The SMILES string of the molecule is Cc1c(C)c(C)c(S(=O)(=O)Nc2cnn(CCO)c2)c(C)c1C. The molecule has 6 nitrogen and oxygen atoms in total. The number of nitrogens with zero attached hydrogens (tertiary/aromatic N) is 2. The van der Waals surface area contributed by atoms with Gasteiger partial charge in [-0.05, 0) is 62.4 Å². The third-order valence-electron chi connectivity index (χ3n) is 4.41. The van der Waals surface area contributed by atoms with E-state index in [-0.39, 0.29) is 6.61 Å². The lowest BCUT2D eigenvalue weighted by molar-refractivity contribution is 0.269. The topological polar surface area (TPSA) is 84.2 Å². The van der Waals surface area contributed by atoms with Crippen LogP contribution in [-0.4, -0.2) is 29.9 Å². The fraction of sp³-hybridized carbons (Fsp3) is 0.438. The molecule has 23 heavy (non-hydrogen) atoms. The molecule has 2 N–H and O–H groups in total. The van der Waals surface area contributed by atoms with E-state index >= 15 is 0 Å². The number of anilines is 1. The first kappa shape index (κ1) is 17.5. The van der Waals surface area contributed by atoms with Gasteiger partial charge < -0.3 is 5.11 Å². The summed E-state index contributed by atoms with van der Waals surface area (Å²) in [6.07, 6.45) is 3.00. The number of aromatic nitrogens is 2. The van der Waals surface area contributed by atoms with Gasteiger partial charge in [-0.2, -0.15) is 5.10 Å². The van der Waals surface area contributed by atoms with Gasteiger partial charge in [0.15, 0.2) is 0 Å². The molecule has 0 unspecified atom stereocenters. The van der Waals surface area contributed by atoms with Crippen LogP contribution in [0.25, 0.3) is 0 Å². The average Bonchev–Trinajstić information content (AvgIpc) is 2.89. The number of rotatable bonds is 5. The fourth-order valence-electron chi connectivity index (χ4n) is 2.72. The number of hydrogen-bond acceptors (Lipinski definition) is 4. The second-order valence-electron chi connectivity index (χ2n) is 5.78. The number of nitrogens with one attached hydrogen (secondary N) is 1. The Labute approximate surface area is 137 Å². The number of sulfonamides is 1.